The lowest BCUT2D eigenvalue weighted by atomic mass is 9.91. The molecule has 0 aliphatic heterocycles. The molecule has 0 saturated carbocycles. The fourth-order valence-corrected chi connectivity index (χ4v) is 0.309. The molecule has 0 unspecified atom stereocenters. The minimum Gasteiger partial charge on any atom is -0.371 e. The van der Waals surface area contributed by atoms with Gasteiger partial charge in [0.05, 0.1) is 7.11 Å². The Morgan fingerprint density at radius 1 is 1.56 bits per heavy atom. The van der Waals surface area contributed by atoms with Crippen LogP contribution in [0.2, 0.25) is 0 Å². The van der Waals surface area contributed by atoms with Crippen molar-refractivity contribution in [3.63, 3.8) is 0 Å². The second-order valence-electron chi connectivity index (χ2n) is 3.02. The summed E-state index contributed by atoms with van der Waals surface area (Å²) in [5.74, 6) is 0.0810. The van der Waals surface area contributed by atoms with E-state index >= 15 is 0 Å². The topological polar surface area (TPSA) is 26.3 Å². The van der Waals surface area contributed by atoms with Gasteiger partial charge in [-0.1, -0.05) is 20.8 Å². The van der Waals surface area contributed by atoms with E-state index in [1.165, 1.54) is 0 Å². The van der Waals surface area contributed by atoms with Gasteiger partial charge in [0.25, 0.3) is 0 Å². The van der Waals surface area contributed by atoms with Crippen molar-refractivity contribution in [2.45, 2.75) is 20.8 Å². The Balaban J connectivity index is 3.74. The molecule has 0 amide bonds. The molecule has 0 N–H and O–H groups in total. The molecule has 0 atom stereocenters. The van der Waals surface area contributed by atoms with Gasteiger partial charge in [0.2, 0.25) is 0 Å². The van der Waals surface area contributed by atoms with Crippen molar-refractivity contribution in [1.82, 2.24) is 0 Å². The summed E-state index contributed by atoms with van der Waals surface area (Å²) < 4.78 is 4.43. The van der Waals surface area contributed by atoms with Gasteiger partial charge in [-0.3, -0.25) is 4.79 Å². The van der Waals surface area contributed by atoms with E-state index in [2.05, 4.69) is 11.8 Å². The first kappa shape index (κ1) is 8.63. The predicted molar refractivity (Wildman–Crippen MR) is 35.8 cm³/mol. The van der Waals surface area contributed by atoms with E-state index in [1.54, 1.807) is 0 Å². The van der Waals surface area contributed by atoms with Crippen molar-refractivity contribution in [1.29, 1.82) is 0 Å². The van der Waals surface area contributed by atoms with Gasteiger partial charge in [-0.05, 0) is 0 Å². The van der Waals surface area contributed by atoms with Crippen LogP contribution in [0.15, 0.2) is 0 Å². The van der Waals surface area contributed by atoms with E-state index in [4.69, 9.17) is 0 Å². The summed E-state index contributed by atoms with van der Waals surface area (Å²) in [6, 6.07) is 0. The molecule has 0 aliphatic carbocycles. The molecule has 0 aromatic heterocycles. The van der Waals surface area contributed by atoms with Crippen molar-refractivity contribution in [2.75, 3.05) is 6.61 Å². The van der Waals surface area contributed by atoms with E-state index in [0.29, 0.717) is 0 Å². The molecule has 0 aromatic rings. The SMILES string of the molecule is [CH2]OCC(=O)C(C)(C)C. The molecule has 9 heavy (non-hydrogen) atoms. The lowest BCUT2D eigenvalue weighted by Crippen LogP contribution is -2.23. The maximum Gasteiger partial charge on any atom is 0.163 e. The Morgan fingerprint density at radius 2 is 2.00 bits per heavy atom. The van der Waals surface area contributed by atoms with Crippen LogP contribution < -0.4 is 0 Å². The second kappa shape index (κ2) is 2.97. The third kappa shape index (κ3) is 3.25. The molecule has 0 aliphatic rings. The number of carbonyl (C=O) groups excluding carboxylic acids is 1. The first-order valence-electron chi connectivity index (χ1n) is 2.89. The summed E-state index contributed by atoms with van der Waals surface area (Å²) in [5.41, 5.74) is -0.294. The van der Waals surface area contributed by atoms with Gasteiger partial charge in [0, 0.05) is 5.41 Å². The number of Topliss-reactive ketones (excluding diaryl/α,β-unsaturated/α-hetero) is 1. The normalized spacial score (nSPS) is 11.6. The summed E-state index contributed by atoms with van der Waals surface area (Å²) in [5, 5.41) is 0. The number of rotatable bonds is 2. The Kier molecular flexibility index (Phi) is 2.85. The molecule has 0 heterocycles. The van der Waals surface area contributed by atoms with Crippen LogP contribution in [0.4, 0.5) is 0 Å². The monoisotopic (exact) mass is 129 g/mol. The van der Waals surface area contributed by atoms with Crippen molar-refractivity contribution < 1.29 is 9.53 Å². The molecule has 0 bridgehead atoms. The fourth-order valence-electron chi connectivity index (χ4n) is 0.309. The van der Waals surface area contributed by atoms with E-state index in [1.807, 2.05) is 20.8 Å². The fraction of sp³-hybridized carbons (Fsp3) is 0.714. The van der Waals surface area contributed by atoms with E-state index < -0.39 is 0 Å². The largest absolute Gasteiger partial charge is 0.371 e. The van der Waals surface area contributed by atoms with Crippen molar-refractivity contribution in [3.8, 4) is 0 Å². The summed E-state index contributed by atoms with van der Waals surface area (Å²) in [6.07, 6.45) is 0. The van der Waals surface area contributed by atoms with Gasteiger partial charge in [-0.2, -0.15) is 0 Å². The minimum atomic E-state index is -0.294. The molecule has 0 aromatic carbocycles. The third-order valence-corrected chi connectivity index (χ3v) is 1.07. The van der Waals surface area contributed by atoms with Crippen LogP contribution in [-0.4, -0.2) is 12.4 Å². The van der Waals surface area contributed by atoms with E-state index in [0.717, 1.165) is 0 Å². The molecular formula is C7H13O2. The number of ether oxygens (including phenoxy) is 1. The predicted octanol–water partition coefficient (Wildman–Crippen LogP) is 1.41. The Labute approximate surface area is 56.2 Å². The second-order valence-corrected chi connectivity index (χ2v) is 3.02. The van der Waals surface area contributed by atoms with Crippen molar-refractivity contribution in [2.24, 2.45) is 5.41 Å². The van der Waals surface area contributed by atoms with E-state index in [9.17, 15) is 4.79 Å². The quantitative estimate of drug-likeness (QED) is 0.563. The van der Waals surface area contributed by atoms with Crippen LogP contribution in [0, 0.1) is 12.5 Å². The van der Waals surface area contributed by atoms with Crippen LogP contribution in [0.5, 0.6) is 0 Å². The molecule has 2 heteroatoms. The summed E-state index contributed by atoms with van der Waals surface area (Å²) in [6.45, 7) is 5.68. The molecule has 0 rings (SSSR count). The zero-order valence-corrected chi connectivity index (χ0v) is 6.23. The molecular weight excluding hydrogens is 116 g/mol. The first-order chi connectivity index (χ1) is 3.98. The van der Waals surface area contributed by atoms with Gasteiger partial charge in [-0.15, -0.1) is 0 Å². The van der Waals surface area contributed by atoms with Gasteiger partial charge in [0.15, 0.2) is 5.78 Å². The highest BCUT2D eigenvalue weighted by Gasteiger charge is 2.19. The standard InChI is InChI=1S/C7H13O2/c1-7(2,3)6(8)5-9-4/h4-5H2,1-3H3. The molecule has 2 nitrogen and oxygen atoms in total. The Bertz CT molecular complexity index is 100.0. The third-order valence-electron chi connectivity index (χ3n) is 1.07. The lowest BCUT2D eigenvalue weighted by molar-refractivity contribution is -0.129. The average Bonchev–Trinajstić information content (AvgIpc) is 1.64. The number of carbonyl (C=O) groups is 1. The van der Waals surface area contributed by atoms with E-state index in [-0.39, 0.29) is 17.8 Å². The van der Waals surface area contributed by atoms with Crippen molar-refractivity contribution >= 4 is 5.78 Å². The zero-order chi connectivity index (χ0) is 7.49. The van der Waals surface area contributed by atoms with Crippen LogP contribution in [0.25, 0.3) is 0 Å². The molecule has 53 valence electrons. The average molecular weight is 129 g/mol. The van der Waals surface area contributed by atoms with Gasteiger partial charge >= 0.3 is 0 Å². The minimum absolute atomic E-state index is 0.0810. The Hall–Kier alpha value is -0.370. The van der Waals surface area contributed by atoms with Crippen LogP contribution in [0.1, 0.15) is 20.8 Å². The van der Waals surface area contributed by atoms with Gasteiger partial charge in [0.1, 0.15) is 6.61 Å². The molecule has 0 spiro atoms. The number of ketones is 1. The summed E-state index contributed by atoms with van der Waals surface area (Å²) in [4.78, 5) is 10.9. The number of hydrogen-bond acceptors (Lipinski definition) is 2. The summed E-state index contributed by atoms with van der Waals surface area (Å²) in [7, 11) is 3.12. The van der Waals surface area contributed by atoms with Crippen LogP contribution in [-0.2, 0) is 9.53 Å². The highest BCUT2D eigenvalue weighted by Crippen LogP contribution is 2.13. The van der Waals surface area contributed by atoms with Crippen molar-refractivity contribution in [3.05, 3.63) is 7.11 Å². The molecule has 1 radical (unpaired) electrons. The Morgan fingerprint density at radius 3 is 2.11 bits per heavy atom. The smallest absolute Gasteiger partial charge is 0.163 e. The highest BCUT2D eigenvalue weighted by atomic mass is 16.5. The van der Waals surface area contributed by atoms with Crippen LogP contribution >= 0.6 is 0 Å². The van der Waals surface area contributed by atoms with Gasteiger partial charge < -0.3 is 4.74 Å². The van der Waals surface area contributed by atoms with Crippen LogP contribution in [0.3, 0.4) is 0 Å². The maximum absolute atomic E-state index is 10.9. The van der Waals surface area contributed by atoms with Gasteiger partial charge in [-0.25, -0.2) is 0 Å². The molecule has 0 fully saturated rings. The maximum atomic E-state index is 10.9. The molecule has 0 saturated heterocycles. The lowest BCUT2D eigenvalue weighted by Gasteiger charge is -2.14. The first-order valence-corrected chi connectivity index (χ1v) is 2.89. The number of hydrogen-bond donors (Lipinski definition) is 0. The highest BCUT2D eigenvalue weighted by molar-refractivity contribution is 5.84. The summed E-state index contributed by atoms with van der Waals surface area (Å²) >= 11 is 0. The zero-order valence-electron chi connectivity index (χ0n) is 6.23.